The van der Waals surface area contributed by atoms with E-state index in [1.54, 1.807) is 6.08 Å². The summed E-state index contributed by atoms with van der Waals surface area (Å²) >= 11 is 0. The number of piperidine rings is 1. The Bertz CT molecular complexity index is 225. The van der Waals surface area contributed by atoms with E-state index in [9.17, 15) is 4.79 Å². The standard InChI is InChI=1S/C12H22N2O2/c1-2-6-13(9-10-15)11-12(16)14-7-4-3-5-8-14/h2,15H,1,3-11H2. The van der Waals surface area contributed by atoms with Crippen LogP contribution in [0.2, 0.25) is 0 Å². The van der Waals surface area contributed by atoms with Gasteiger partial charge in [-0.25, -0.2) is 0 Å². The molecule has 0 unspecified atom stereocenters. The Morgan fingerprint density at radius 3 is 2.62 bits per heavy atom. The summed E-state index contributed by atoms with van der Waals surface area (Å²) in [5, 5.41) is 8.89. The summed E-state index contributed by atoms with van der Waals surface area (Å²) in [6.07, 6.45) is 5.23. The van der Waals surface area contributed by atoms with Crippen molar-refractivity contribution in [2.75, 3.05) is 39.3 Å². The Kier molecular flexibility index (Phi) is 6.11. The fraction of sp³-hybridized carbons (Fsp3) is 0.750. The maximum absolute atomic E-state index is 11.9. The molecule has 1 saturated heterocycles. The first-order valence-electron chi connectivity index (χ1n) is 6.00. The van der Waals surface area contributed by atoms with E-state index in [-0.39, 0.29) is 12.5 Å². The lowest BCUT2D eigenvalue weighted by Crippen LogP contribution is -2.43. The summed E-state index contributed by atoms with van der Waals surface area (Å²) in [4.78, 5) is 15.8. The molecule has 1 aliphatic rings. The van der Waals surface area contributed by atoms with Gasteiger partial charge in [-0.2, -0.15) is 0 Å². The van der Waals surface area contributed by atoms with E-state index in [4.69, 9.17) is 5.11 Å². The smallest absolute Gasteiger partial charge is 0.236 e. The third-order valence-electron chi connectivity index (χ3n) is 2.87. The van der Waals surface area contributed by atoms with Gasteiger partial charge in [0.2, 0.25) is 5.91 Å². The lowest BCUT2D eigenvalue weighted by molar-refractivity contribution is -0.133. The number of carbonyl (C=O) groups is 1. The Morgan fingerprint density at radius 1 is 1.38 bits per heavy atom. The molecule has 0 aliphatic carbocycles. The Labute approximate surface area is 97.5 Å². The van der Waals surface area contributed by atoms with E-state index < -0.39 is 0 Å². The number of nitrogens with zero attached hydrogens (tertiary/aromatic N) is 2. The molecule has 1 fully saturated rings. The van der Waals surface area contributed by atoms with Crippen LogP contribution in [-0.4, -0.2) is 60.1 Å². The molecule has 0 aromatic heterocycles. The third-order valence-corrected chi connectivity index (χ3v) is 2.87. The van der Waals surface area contributed by atoms with E-state index >= 15 is 0 Å². The van der Waals surface area contributed by atoms with Crippen LogP contribution in [0.25, 0.3) is 0 Å². The highest BCUT2D eigenvalue weighted by atomic mass is 16.3. The van der Waals surface area contributed by atoms with Gasteiger partial charge in [0.05, 0.1) is 13.2 Å². The number of likely N-dealkylation sites (tertiary alicyclic amines) is 1. The third kappa shape index (κ3) is 4.33. The molecular formula is C12H22N2O2. The van der Waals surface area contributed by atoms with Crippen molar-refractivity contribution in [3.63, 3.8) is 0 Å². The van der Waals surface area contributed by atoms with Gasteiger partial charge in [0.25, 0.3) is 0 Å². The number of hydrogen-bond acceptors (Lipinski definition) is 3. The van der Waals surface area contributed by atoms with E-state index in [0.29, 0.717) is 19.6 Å². The fourth-order valence-electron chi connectivity index (χ4n) is 1.99. The van der Waals surface area contributed by atoms with Gasteiger partial charge in [-0.15, -0.1) is 6.58 Å². The fourth-order valence-corrected chi connectivity index (χ4v) is 1.99. The largest absolute Gasteiger partial charge is 0.395 e. The zero-order chi connectivity index (χ0) is 11.8. The lowest BCUT2D eigenvalue weighted by atomic mass is 10.1. The molecule has 1 rings (SSSR count). The van der Waals surface area contributed by atoms with E-state index in [1.807, 2.05) is 9.80 Å². The number of aliphatic hydroxyl groups is 1. The molecule has 0 bridgehead atoms. The Morgan fingerprint density at radius 2 is 2.06 bits per heavy atom. The van der Waals surface area contributed by atoms with Gasteiger partial charge in [0, 0.05) is 26.2 Å². The SMILES string of the molecule is C=CCN(CCO)CC(=O)N1CCCCC1. The maximum Gasteiger partial charge on any atom is 0.236 e. The van der Waals surface area contributed by atoms with Crippen molar-refractivity contribution in [1.29, 1.82) is 0 Å². The molecular weight excluding hydrogens is 204 g/mol. The predicted molar refractivity (Wildman–Crippen MR) is 64.2 cm³/mol. The summed E-state index contributed by atoms with van der Waals surface area (Å²) in [6.45, 7) is 7.10. The normalized spacial score (nSPS) is 16.5. The quantitative estimate of drug-likeness (QED) is 0.670. The van der Waals surface area contributed by atoms with Gasteiger partial charge in [0.15, 0.2) is 0 Å². The molecule has 1 aliphatic heterocycles. The number of hydrogen-bond donors (Lipinski definition) is 1. The second kappa shape index (κ2) is 7.41. The van der Waals surface area contributed by atoms with Crippen LogP contribution in [0.3, 0.4) is 0 Å². The maximum atomic E-state index is 11.9. The second-order valence-electron chi connectivity index (χ2n) is 4.19. The van der Waals surface area contributed by atoms with Crippen LogP contribution in [0.4, 0.5) is 0 Å². The first-order valence-corrected chi connectivity index (χ1v) is 6.00. The first-order chi connectivity index (χ1) is 7.77. The summed E-state index contributed by atoms with van der Waals surface area (Å²) in [7, 11) is 0. The van der Waals surface area contributed by atoms with E-state index in [2.05, 4.69) is 6.58 Å². The topological polar surface area (TPSA) is 43.8 Å². The van der Waals surface area contributed by atoms with Crippen molar-refractivity contribution in [2.45, 2.75) is 19.3 Å². The minimum atomic E-state index is 0.0844. The molecule has 0 aromatic carbocycles. The van der Waals surface area contributed by atoms with Crippen molar-refractivity contribution < 1.29 is 9.90 Å². The highest BCUT2D eigenvalue weighted by molar-refractivity contribution is 5.78. The highest BCUT2D eigenvalue weighted by Crippen LogP contribution is 2.09. The van der Waals surface area contributed by atoms with Crippen LogP contribution in [0, 0.1) is 0 Å². The molecule has 0 aromatic rings. The lowest BCUT2D eigenvalue weighted by Gasteiger charge is -2.29. The van der Waals surface area contributed by atoms with Gasteiger partial charge >= 0.3 is 0 Å². The summed E-state index contributed by atoms with van der Waals surface area (Å²) in [6, 6.07) is 0. The van der Waals surface area contributed by atoms with Crippen LogP contribution >= 0.6 is 0 Å². The van der Waals surface area contributed by atoms with Crippen molar-refractivity contribution in [2.24, 2.45) is 0 Å². The van der Waals surface area contributed by atoms with Gasteiger partial charge < -0.3 is 10.0 Å². The molecule has 0 spiro atoms. The minimum absolute atomic E-state index is 0.0844. The average molecular weight is 226 g/mol. The average Bonchev–Trinajstić information content (AvgIpc) is 2.31. The molecule has 0 saturated carbocycles. The molecule has 1 heterocycles. The van der Waals surface area contributed by atoms with Crippen molar-refractivity contribution >= 4 is 5.91 Å². The van der Waals surface area contributed by atoms with Gasteiger partial charge in [-0.1, -0.05) is 6.08 Å². The van der Waals surface area contributed by atoms with Gasteiger partial charge in [-0.3, -0.25) is 9.69 Å². The van der Waals surface area contributed by atoms with Crippen molar-refractivity contribution in [1.82, 2.24) is 9.80 Å². The zero-order valence-corrected chi connectivity index (χ0v) is 9.90. The zero-order valence-electron chi connectivity index (χ0n) is 9.90. The monoisotopic (exact) mass is 226 g/mol. The minimum Gasteiger partial charge on any atom is -0.395 e. The first kappa shape index (κ1) is 13.2. The van der Waals surface area contributed by atoms with Crippen LogP contribution < -0.4 is 0 Å². The summed E-state index contributed by atoms with van der Waals surface area (Å²) in [5.41, 5.74) is 0. The van der Waals surface area contributed by atoms with Gasteiger partial charge in [0.1, 0.15) is 0 Å². The van der Waals surface area contributed by atoms with Crippen LogP contribution in [-0.2, 0) is 4.79 Å². The summed E-state index contributed by atoms with van der Waals surface area (Å²) in [5.74, 6) is 0.176. The predicted octanol–water partition coefficient (Wildman–Crippen LogP) is 0.479. The van der Waals surface area contributed by atoms with Crippen LogP contribution in [0.15, 0.2) is 12.7 Å². The second-order valence-corrected chi connectivity index (χ2v) is 4.19. The van der Waals surface area contributed by atoms with Crippen molar-refractivity contribution in [3.8, 4) is 0 Å². The van der Waals surface area contributed by atoms with Gasteiger partial charge in [-0.05, 0) is 19.3 Å². The number of carbonyl (C=O) groups excluding carboxylic acids is 1. The molecule has 1 N–H and O–H groups in total. The summed E-state index contributed by atoms with van der Waals surface area (Å²) < 4.78 is 0. The van der Waals surface area contributed by atoms with Crippen LogP contribution in [0.5, 0.6) is 0 Å². The van der Waals surface area contributed by atoms with Crippen molar-refractivity contribution in [3.05, 3.63) is 12.7 Å². The Balaban J connectivity index is 2.36. The van der Waals surface area contributed by atoms with Crippen LogP contribution in [0.1, 0.15) is 19.3 Å². The number of aliphatic hydroxyl groups excluding tert-OH is 1. The number of amides is 1. The Hall–Kier alpha value is -0.870. The molecule has 92 valence electrons. The molecule has 0 atom stereocenters. The molecule has 4 heteroatoms. The van der Waals surface area contributed by atoms with E-state index in [0.717, 1.165) is 25.9 Å². The molecule has 4 nitrogen and oxygen atoms in total. The highest BCUT2D eigenvalue weighted by Gasteiger charge is 2.18. The number of rotatable bonds is 6. The molecule has 1 amide bonds. The van der Waals surface area contributed by atoms with E-state index in [1.165, 1.54) is 6.42 Å². The molecule has 0 radical (unpaired) electrons. The molecule has 16 heavy (non-hydrogen) atoms.